The first kappa shape index (κ1) is 13.2. The predicted molar refractivity (Wildman–Crippen MR) is 73.1 cm³/mol. The van der Waals surface area contributed by atoms with Crippen LogP contribution in [-0.2, 0) is 0 Å². The van der Waals surface area contributed by atoms with E-state index in [2.05, 4.69) is 35.5 Å². The van der Waals surface area contributed by atoms with E-state index in [1.807, 2.05) is 4.68 Å². The van der Waals surface area contributed by atoms with E-state index in [0.29, 0.717) is 12.1 Å². The Labute approximate surface area is 117 Å². The minimum Gasteiger partial charge on any atom is -0.316 e. The Balaban J connectivity index is 0.000000121. The van der Waals surface area contributed by atoms with Gasteiger partial charge in [-0.2, -0.15) is 5.10 Å². The second-order valence-electron chi connectivity index (χ2n) is 5.08. The lowest BCUT2D eigenvalue weighted by Crippen LogP contribution is -2.13. The summed E-state index contributed by atoms with van der Waals surface area (Å²) in [6, 6.07) is 1.11. The van der Waals surface area contributed by atoms with Crippen molar-refractivity contribution in [3.63, 3.8) is 0 Å². The molecule has 0 radical (unpaired) electrons. The van der Waals surface area contributed by atoms with Crippen LogP contribution in [0.25, 0.3) is 0 Å². The molecule has 4 heterocycles. The van der Waals surface area contributed by atoms with Crippen LogP contribution in [-0.4, -0.2) is 55.7 Å². The highest BCUT2D eigenvalue weighted by Gasteiger charge is 2.16. The number of nitrogens with zero attached hydrogens (tertiary/aromatic N) is 6. The van der Waals surface area contributed by atoms with Gasteiger partial charge in [-0.3, -0.25) is 0 Å². The van der Waals surface area contributed by atoms with E-state index >= 15 is 0 Å². The van der Waals surface area contributed by atoms with Gasteiger partial charge >= 0.3 is 0 Å². The normalized spacial score (nSPS) is 25.4. The molecular formula is C12H20N8. The fourth-order valence-corrected chi connectivity index (χ4v) is 2.56. The van der Waals surface area contributed by atoms with Crippen LogP contribution in [0, 0.1) is 0 Å². The molecule has 0 bridgehead atoms. The Kier molecular flexibility index (Phi) is 4.34. The molecule has 4 rings (SSSR count). The molecule has 2 aromatic rings. The van der Waals surface area contributed by atoms with Gasteiger partial charge in [0, 0.05) is 19.1 Å². The Morgan fingerprint density at radius 2 is 1.60 bits per heavy atom. The molecule has 0 aliphatic carbocycles. The highest BCUT2D eigenvalue weighted by atomic mass is 15.3. The summed E-state index contributed by atoms with van der Waals surface area (Å²) in [5.41, 5.74) is 0. The van der Waals surface area contributed by atoms with Gasteiger partial charge < -0.3 is 15.2 Å². The summed E-state index contributed by atoms with van der Waals surface area (Å²) < 4.78 is 3.97. The average Bonchev–Trinajstić information content (AvgIpc) is 3.29. The van der Waals surface area contributed by atoms with Crippen LogP contribution in [0.2, 0.25) is 0 Å². The number of hydrogen-bond acceptors (Lipinski definition) is 6. The summed E-state index contributed by atoms with van der Waals surface area (Å²) in [5, 5.41) is 18.1. The first-order chi connectivity index (χ1) is 9.93. The second-order valence-corrected chi connectivity index (χ2v) is 5.08. The highest BCUT2D eigenvalue weighted by molar-refractivity contribution is 4.79. The second kappa shape index (κ2) is 6.58. The molecule has 2 unspecified atom stereocenters. The molecule has 108 valence electrons. The van der Waals surface area contributed by atoms with Crippen molar-refractivity contribution in [3.8, 4) is 0 Å². The molecule has 0 amide bonds. The molecule has 2 saturated heterocycles. The zero-order chi connectivity index (χ0) is 13.6. The maximum atomic E-state index is 4.06. The van der Waals surface area contributed by atoms with E-state index in [1.165, 1.54) is 12.8 Å². The molecule has 2 atom stereocenters. The van der Waals surface area contributed by atoms with E-state index in [4.69, 9.17) is 0 Å². The summed E-state index contributed by atoms with van der Waals surface area (Å²) in [6.07, 6.45) is 9.27. The zero-order valence-electron chi connectivity index (χ0n) is 11.4. The van der Waals surface area contributed by atoms with Crippen molar-refractivity contribution in [1.82, 2.24) is 40.2 Å². The predicted octanol–water partition coefficient (Wildman–Crippen LogP) is -0.375. The Hall–Kier alpha value is -1.80. The standard InChI is InChI=1S/2C6H10N4/c1-2-7-3-6(1)10-4-8-9-5-10;1-2-7-3-6(1)10-5-8-4-9-10/h2*4-7H,1-3H2. The van der Waals surface area contributed by atoms with Gasteiger partial charge in [-0.1, -0.05) is 0 Å². The van der Waals surface area contributed by atoms with Crippen LogP contribution in [0.3, 0.4) is 0 Å². The van der Waals surface area contributed by atoms with Crippen LogP contribution in [0.5, 0.6) is 0 Å². The number of aromatic nitrogens is 6. The van der Waals surface area contributed by atoms with Gasteiger partial charge in [0.15, 0.2) is 0 Å². The van der Waals surface area contributed by atoms with Gasteiger partial charge in [-0.15, -0.1) is 10.2 Å². The van der Waals surface area contributed by atoms with Crippen LogP contribution < -0.4 is 10.6 Å². The van der Waals surface area contributed by atoms with Crippen molar-refractivity contribution in [2.45, 2.75) is 24.9 Å². The van der Waals surface area contributed by atoms with Gasteiger partial charge in [0.25, 0.3) is 0 Å². The largest absolute Gasteiger partial charge is 0.316 e. The third-order valence-electron chi connectivity index (χ3n) is 3.74. The quantitative estimate of drug-likeness (QED) is 0.778. The monoisotopic (exact) mass is 276 g/mol. The van der Waals surface area contributed by atoms with Crippen LogP contribution in [0.1, 0.15) is 24.9 Å². The first-order valence-electron chi connectivity index (χ1n) is 7.03. The van der Waals surface area contributed by atoms with E-state index in [1.54, 1.807) is 25.3 Å². The van der Waals surface area contributed by atoms with E-state index in [0.717, 1.165) is 26.2 Å². The summed E-state index contributed by atoms with van der Waals surface area (Å²) in [4.78, 5) is 3.89. The van der Waals surface area contributed by atoms with Gasteiger partial charge in [-0.05, 0) is 25.9 Å². The molecule has 2 N–H and O–H groups in total. The van der Waals surface area contributed by atoms with Crippen molar-refractivity contribution in [3.05, 3.63) is 25.3 Å². The molecule has 2 aromatic heterocycles. The molecule has 2 fully saturated rings. The minimum absolute atomic E-state index is 0.530. The van der Waals surface area contributed by atoms with Crippen molar-refractivity contribution >= 4 is 0 Å². The first-order valence-corrected chi connectivity index (χ1v) is 7.03. The Morgan fingerprint density at radius 3 is 2.15 bits per heavy atom. The topological polar surface area (TPSA) is 85.5 Å². The molecule has 0 saturated carbocycles. The smallest absolute Gasteiger partial charge is 0.137 e. The van der Waals surface area contributed by atoms with Crippen molar-refractivity contribution in [2.24, 2.45) is 0 Å². The molecule has 8 heteroatoms. The molecule has 2 aliphatic rings. The van der Waals surface area contributed by atoms with E-state index in [9.17, 15) is 0 Å². The Bertz CT molecular complexity index is 421. The lowest BCUT2D eigenvalue weighted by atomic mass is 10.3. The average molecular weight is 276 g/mol. The van der Waals surface area contributed by atoms with Crippen molar-refractivity contribution in [1.29, 1.82) is 0 Å². The van der Waals surface area contributed by atoms with Gasteiger partial charge in [0.2, 0.25) is 0 Å². The Morgan fingerprint density at radius 1 is 0.900 bits per heavy atom. The number of hydrogen-bond donors (Lipinski definition) is 2. The summed E-state index contributed by atoms with van der Waals surface area (Å²) in [6.45, 7) is 4.30. The SMILES string of the molecule is c1ncn(C2CCNC2)n1.c1nncn1C1CCNC1. The summed E-state index contributed by atoms with van der Waals surface area (Å²) in [7, 11) is 0. The van der Waals surface area contributed by atoms with Crippen LogP contribution >= 0.6 is 0 Å². The van der Waals surface area contributed by atoms with Gasteiger partial charge in [0.05, 0.1) is 6.04 Å². The third kappa shape index (κ3) is 3.20. The molecule has 8 nitrogen and oxygen atoms in total. The zero-order valence-corrected chi connectivity index (χ0v) is 11.4. The lowest BCUT2D eigenvalue weighted by molar-refractivity contribution is 0.489. The fraction of sp³-hybridized carbons (Fsp3) is 0.667. The minimum atomic E-state index is 0.530. The van der Waals surface area contributed by atoms with Gasteiger partial charge in [0.1, 0.15) is 25.3 Å². The molecule has 2 aliphatic heterocycles. The third-order valence-corrected chi connectivity index (χ3v) is 3.74. The maximum Gasteiger partial charge on any atom is 0.137 e. The highest BCUT2D eigenvalue weighted by Crippen LogP contribution is 2.12. The molecule has 0 aromatic carbocycles. The lowest BCUT2D eigenvalue weighted by Gasteiger charge is -2.06. The van der Waals surface area contributed by atoms with Crippen LogP contribution in [0.15, 0.2) is 25.3 Å². The molecular weight excluding hydrogens is 256 g/mol. The van der Waals surface area contributed by atoms with Gasteiger partial charge in [-0.25, -0.2) is 9.67 Å². The summed E-state index contributed by atoms with van der Waals surface area (Å²) in [5.74, 6) is 0. The number of nitrogens with one attached hydrogen (secondary N) is 2. The van der Waals surface area contributed by atoms with E-state index in [-0.39, 0.29) is 0 Å². The summed E-state index contributed by atoms with van der Waals surface area (Å²) >= 11 is 0. The van der Waals surface area contributed by atoms with Crippen molar-refractivity contribution < 1.29 is 0 Å². The van der Waals surface area contributed by atoms with Crippen LogP contribution in [0.4, 0.5) is 0 Å². The molecule has 20 heavy (non-hydrogen) atoms. The fourth-order valence-electron chi connectivity index (χ4n) is 2.56. The molecule has 0 spiro atoms. The van der Waals surface area contributed by atoms with E-state index < -0.39 is 0 Å². The number of rotatable bonds is 2. The maximum absolute atomic E-state index is 4.06. The van der Waals surface area contributed by atoms with Crippen molar-refractivity contribution in [2.75, 3.05) is 26.2 Å².